The molecule has 1 N–H and O–H groups in total. The highest BCUT2D eigenvalue weighted by atomic mass is 32.2. The molecule has 0 unspecified atom stereocenters. The van der Waals surface area contributed by atoms with Gasteiger partial charge in [-0.1, -0.05) is 0 Å². The predicted molar refractivity (Wildman–Crippen MR) is 79.2 cm³/mol. The summed E-state index contributed by atoms with van der Waals surface area (Å²) < 4.78 is 40.2. The Morgan fingerprint density at radius 1 is 1.23 bits per heavy atom. The largest absolute Gasteiger partial charge is 0.356 e. The number of halogens is 1. The van der Waals surface area contributed by atoms with Gasteiger partial charge in [-0.3, -0.25) is 4.79 Å². The molecule has 2 aliphatic heterocycles. The first kappa shape index (κ1) is 15.4. The van der Waals surface area contributed by atoms with Crippen LogP contribution in [-0.4, -0.2) is 38.3 Å². The fourth-order valence-corrected chi connectivity index (χ4v) is 4.86. The van der Waals surface area contributed by atoms with Crippen molar-refractivity contribution in [3.05, 3.63) is 29.6 Å². The van der Waals surface area contributed by atoms with Gasteiger partial charge < -0.3 is 5.32 Å². The van der Waals surface area contributed by atoms with Crippen molar-refractivity contribution in [3.63, 3.8) is 0 Å². The molecule has 5 nitrogen and oxygen atoms in total. The normalized spacial score (nSPS) is 22.0. The maximum absolute atomic E-state index is 13.5. The Kier molecular flexibility index (Phi) is 3.72. The third-order valence-electron chi connectivity index (χ3n) is 4.63. The summed E-state index contributed by atoms with van der Waals surface area (Å²) in [6.07, 6.45) is 1.78. The molecule has 2 heterocycles. The van der Waals surface area contributed by atoms with E-state index in [0.29, 0.717) is 44.5 Å². The summed E-state index contributed by atoms with van der Waals surface area (Å²) in [6, 6.07) is 3.86. The van der Waals surface area contributed by atoms with Gasteiger partial charge in [0.2, 0.25) is 15.9 Å². The first-order valence-electron chi connectivity index (χ1n) is 7.35. The van der Waals surface area contributed by atoms with E-state index in [1.54, 1.807) is 6.92 Å². The second kappa shape index (κ2) is 5.31. The van der Waals surface area contributed by atoms with Gasteiger partial charge in [0.1, 0.15) is 5.82 Å². The van der Waals surface area contributed by atoms with E-state index in [0.717, 1.165) is 6.07 Å². The predicted octanol–water partition coefficient (Wildman–Crippen LogP) is 1.42. The van der Waals surface area contributed by atoms with Crippen LogP contribution in [0.3, 0.4) is 0 Å². The number of hydrogen-bond acceptors (Lipinski definition) is 3. The standard InChI is InChI=1S/C15H19FN2O3S/c1-11-6-12(16)8-13(7-11)22(20,21)18-4-2-15(3-5-18)9-14(19)17-10-15/h6-8H,2-5,9-10H2,1H3,(H,17,19). The lowest BCUT2D eigenvalue weighted by Gasteiger charge is -2.37. The smallest absolute Gasteiger partial charge is 0.243 e. The maximum Gasteiger partial charge on any atom is 0.243 e. The average molecular weight is 326 g/mol. The van der Waals surface area contributed by atoms with Crippen LogP contribution in [0.15, 0.2) is 23.1 Å². The van der Waals surface area contributed by atoms with Crippen molar-refractivity contribution >= 4 is 15.9 Å². The zero-order valence-electron chi connectivity index (χ0n) is 12.4. The number of aryl methyl sites for hydroxylation is 1. The third-order valence-corrected chi connectivity index (χ3v) is 6.51. The van der Waals surface area contributed by atoms with E-state index in [1.807, 2.05) is 0 Å². The van der Waals surface area contributed by atoms with Crippen LogP contribution in [0.4, 0.5) is 4.39 Å². The van der Waals surface area contributed by atoms with Crippen molar-refractivity contribution in [1.82, 2.24) is 9.62 Å². The van der Waals surface area contributed by atoms with Crippen LogP contribution in [0, 0.1) is 18.2 Å². The molecule has 0 saturated carbocycles. The lowest BCUT2D eigenvalue weighted by molar-refractivity contribution is -0.119. The summed E-state index contributed by atoms with van der Waals surface area (Å²) in [5.41, 5.74) is 0.471. The molecule has 22 heavy (non-hydrogen) atoms. The Morgan fingerprint density at radius 3 is 2.45 bits per heavy atom. The van der Waals surface area contributed by atoms with E-state index in [2.05, 4.69) is 5.32 Å². The topological polar surface area (TPSA) is 66.5 Å². The minimum Gasteiger partial charge on any atom is -0.356 e. The van der Waals surface area contributed by atoms with E-state index < -0.39 is 15.8 Å². The number of sulfonamides is 1. The second-order valence-electron chi connectivity index (χ2n) is 6.32. The molecule has 1 aromatic carbocycles. The zero-order chi connectivity index (χ0) is 16.0. The molecule has 0 radical (unpaired) electrons. The molecule has 1 spiro atoms. The summed E-state index contributed by atoms with van der Waals surface area (Å²) in [6.45, 7) is 3.03. The number of hydrogen-bond donors (Lipinski definition) is 1. The lowest BCUT2D eigenvalue weighted by atomic mass is 9.78. The van der Waals surface area contributed by atoms with E-state index in [1.165, 1.54) is 16.4 Å². The Balaban J connectivity index is 1.79. The Labute approximate surface area is 129 Å². The van der Waals surface area contributed by atoms with Gasteiger partial charge in [-0.15, -0.1) is 0 Å². The van der Waals surface area contributed by atoms with Crippen LogP contribution in [0.2, 0.25) is 0 Å². The van der Waals surface area contributed by atoms with Gasteiger partial charge in [0, 0.05) is 26.1 Å². The van der Waals surface area contributed by atoms with Crippen LogP contribution in [-0.2, 0) is 14.8 Å². The van der Waals surface area contributed by atoms with Crippen LogP contribution in [0.1, 0.15) is 24.8 Å². The SMILES string of the molecule is Cc1cc(F)cc(S(=O)(=O)N2CCC3(CC2)CNC(=O)C3)c1. The summed E-state index contributed by atoms with van der Waals surface area (Å²) in [4.78, 5) is 11.4. The van der Waals surface area contributed by atoms with Crippen molar-refractivity contribution < 1.29 is 17.6 Å². The van der Waals surface area contributed by atoms with Gasteiger partial charge in [-0.2, -0.15) is 4.31 Å². The Hall–Kier alpha value is -1.47. The van der Waals surface area contributed by atoms with Crippen molar-refractivity contribution in [3.8, 4) is 0 Å². The van der Waals surface area contributed by atoms with Crippen LogP contribution in [0.25, 0.3) is 0 Å². The first-order chi connectivity index (χ1) is 10.3. The molecule has 0 bridgehead atoms. The number of rotatable bonds is 2. The summed E-state index contributed by atoms with van der Waals surface area (Å²) in [5.74, 6) is -0.505. The van der Waals surface area contributed by atoms with Gasteiger partial charge in [0.15, 0.2) is 0 Å². The van der Waals surface area contributed by atoms with E-state index in [4.69, 9.17) is 0 Å². The quantitative estimate of drug-likeness (QED) is 0.894. The molecule has 7 heteroatoms. The van der Waals surface area contributed by atoms with Gasteiger partial charge in [0.25, 0.3) is 0 Å². The van der Waals surface area contributed by atoms with Gasteiger partial charge >= 0.3 is 0 Å². The van der Waals surface area contributed by atoms with Crippen molar-refractivity contribution in [2.45, 2.75) is 31.1 Å². The van der Waals surface area contributed by atoms with E-state index in [-0.39, 0.29) is 16.2 Å². The molecule has 0 atom stereocenters. The number of benzene rings is 1. The monoisotopic (exact) mass is 326 g/mol. The fraction of sp³-hybridized carbons (Fsp3) is 0.533. The van der Waals surface area contributed by atoms with Crippen LogP contribution >= 0.6 is 0 Å². The minimum absolute atomic E-state index is 0.00146. The first-order valence-corrected chi connectivity index (χ1v) is 8.79. The van der Waals surface area contributed by atoms with Gasteiger partial charge in [-0.25, -0.2) is 12.8 Å². The molecule has 0 aromatic heterocycles. The molecule has 2 fully saturated rings. The molecular formula is C15H19FN2O3S. The number of nitrogens with one attached hydrogen (secondary N) is 1. The highest BCUT2D eigenvalue weighted by molar-refractivity contribution is 7.89. The van der Waals surface area contributed by atoms with E-state index >= 15 is 0 Å². The van der Waals surface area contributed by atoms with Gasteiger partial charge in [0.05, 0.1) is 4.90 Å². The number of carbonyl (C=O) groups excluding carboxylic acids is 1. The average Bonchev–Trinajstić information content (AvgIpc) is 2.79. The molecule has 1 amide bonds. The number of piperidine rings is 1. The molecule has 3 rings (SSSR count). The van der Waals surface area contributed by atoms with Crippen LogP contribution in [0.5, 0.6) is 0 Å². The lowest BCUT2D eigenvalue weighted by Crippen LogP contribution is -2.43. The number of carbonyl (C=O) groups is 1. The number of nitrogens with zero attached hydrogens (tertiary/aromatic N) is 1. The second-order valence-corrected chi connectivity index (χ2v) is 8.26. The third kappa shape index (κ3) is 2.75. The summed E-state index contributed by atoms with van der Waals surface area (Å²) in [7, 11) is -3.68. The van der Waals surface area contributed by atoms with Gasteiger partial charge in [-0.05, 0) is 48.9 Å². The van der Waals surface area contributed by atoms with E-state index in [9.17, 15) is 17.6 Å². The number of amides is 1. The molecule has 2 aliphatic rings. The Morgan fingerprint density at radius 2 is 1.91 bits per heavy atom. The zero-order valence-corrected chi connectivity index (χ0v) is 13.2. The Bertz CT molecular complexity index is 689. The van der Waals surface area contributed by atoms with Crippen LogP contribution < -0.4 is 5.32 Å². The minimum atomic E-state index is -3.68. The molecule has 120 valence electrons. The summed E-state index contributed by atoms with van der Waals surface area (Å²) >= 11 is 0. The highest BCUT2D eigenvalue weighted by Crippen LogP contribution is 2.38. The molecule has 2 saturated heterocycles. The molecular weight excluding hydrogens is 307 g/mol. The maximum atomic E-state index is 13.5. The fourth-order valence-electron chi connectivity index (χ4n) is 3.31. The molecule has 1 aromatic rings. The van der Waals surface area contributed by atoms with Crippen molar-refractivity contribution in [2.75, 3.05) is 19.6 Å². The highest BCUT2D eigenvalue weighted by Gasteiger charge is 2.43. The molecule has 0 aliphatic carbocycles. The van der Waals surface area contributed by atoms with Crippen molar-refractivity contribution in [2.24, 2.45) is 5.41 Å². The van der Waals surface area contributed by atoms with Crippen molar-refractivity contribution in [1.29, 1.82) is 0 Å². The summed E-state index contributed by atoms with van der Waals surface area (Å²) in [5, 5.41) is 2.82.